The minimum Gasteiger partial charge on any atom is -0.508 e. The van der Waals surface area contributed by atoms with Crippen LogP contribution in [0.3, 0.4) is 0 Å². The molecular formula is C40H59N9O11S. The van der Waals surface area contributed by atoms with Crippen molar-refractivity contribution in [3.8, 4) is 11.5 Å². The number of phenols is 2. The number of aromatic hydroxyl groups is 2. The molecule has 0 heterocycles. The summed E-state index contributed by atoms with van der Waals surface area (Å²) in [6.07, 6.45) is -0.336. The lowest BCUT2D eigenvalue weighted by Gasteiger charge is -2.28. The number of hydrogen-bond donors (Lipinski definition) is 12. The van der Waals surface area contributed by atoms with Gasteiger partial charge < -0.3 is 64.0 Å². The van der Waals surface area contributed by atoms with Crippen molar-refractivity contribution in [3.63, 3.8) is 0 Å². The van der Waals surface area contributed by atoms with Crippen LogP contribution in [0.1, 0.15) is 51.2 Å². The third-order valence-corrected chi connectivity index (χ3v) is 9.77. The first-order valence-electron chi connectivity index (χ1n) is 19.5. The molecule has 20 nitrogen and oxygen atoms in total. The first-order chi connectivity index (χ1) is 28.7. The van der Waals surface area contributed by atoms with E-state index >= 15 is 0 Å². The Morgan fingerprint density at radius 1 is 0.656 bits per heavy atom. The first kappa shape index (κ1) is 51.2. The van der Waals surface area contributed by atoms with Crippen LogP contribution in [0.2, 0.25) is 0 Å². The SMILES string of the molecule is CNC(=O)CNC(=O)[C@H](Cc1ccc(O)cc1)NC(=O)[C@H](CCSC)NC(=O)[C@H](Cc1ccc(O)cc1)NC(=O)[C@@H](NC(=O)[C@H](CC(C)C)NC(=O)[C@@H](N)CC(N)=O)C(C)O. The second-order valence-corrected chi connectivity index (χ2v) is 15.8. The number of hydrogen-bond acceptors (Lipinski definition) is 13. The van der Waals surface area contributed by atoms with E-state index in [1.54, 1.807) is 32.2 Å². The van der Waals surface area contributed by atoms with E-state index in [1.807, 2.05) is 0 Å². The van der Waals surface area contributed by atoms with Gasteiger partial charge in [0.15, 0.2) is 0 Å². The number of likely N-dealkylation sites (N-methyl/N-ethyl adjacent to an activating group) is 1. The maximum absolute atomic E-state index is 14.1. The molecule has 2 rings (SSSR count). The van der Waals surface area contributed by atoms with Crippen molar-refractivity contribution < 1.29 is 53.7 Å². The Morgan fingerprint density at radius 3 is 1.59 bits per heavy atom. The van der Waals surface area contributed by atoms with Crippen LogP contribution < -0.4 is 48.7 Å². The van der Waals surface area contributed by atoms with Crippen LogP contribution in [0.5, 0.6) is 11.5 Å². The summed E-state index contributed by atoms with van der Waals surface area (Å²) in [6.45, 7) is 4.38. The lowest BCUT2D eigenvalue weighted by Crippen LogP contribution is -2.62. The lowest BCUT2D eigenvalue weighted by molar-refractivity contribution is -0.137. The molecule has 2 aromatic rings. The number of nitrogens with one attached hydrogen (secondary N) is 7. The fourth-order valence-corrected chi connectivity index (χ4v) is 6.27. The third-order valence-electron chi connectivity index (χ3n) is 9.12. The number of carbonyl (C=O) groups excluding carboxylic acids is 8. The van der Waals surface area contributed by atoms with Gasteiger partial charge in [0.1, 0.15) is 41.7 Å². The standard InChI is InChI=1S/C40H59N9O11S/c1-21(2)16-29(46-35(55)27(41)19-32(42)53)39(59)49-34(22(3)50)40(60)48-31(18-24-8-12-26(52)13-9-24)38(58)45-28(14-15-61-5)37(57)47-30(36(56)44-20-33(54)43-4)17-23-6-10-25(51)11-7-23/h6-13,21-22,27-31,34,50-52H,14-20,41H2,1-5H3,(H2,42,53)(H,43,54)(H,44,56)(H,45,58)(H,46,55)(H,47,57)(H,48,60)(H,49,59)/t22?,27-,28-,29-,30-,31-,34-/m0/s1. The number of benzene rings is 2. The second-order valence-electron chi connectivity index (χ2n) is 14.8. The Balaban J connectivity index is 2.42. The van der Waals surface area contributed by atoms with E-state index in [2.05, 4.69) is 37.2 Å². The van der Waals surface area contributed by atoms with Crippen LogP contribution in [-0.4, -0.2) is 131 Å². The van der Waals surface area contributed by atoms with Gasteiger partial charge in [-0.25, -0.2) is 0 Å². The van der Waals surface area contributed by atoms with E-state index < -0.39 is 96.0 Å². The van der Waals surface area contributed by atoms with Gasteiger partial charge in [-0.15, -0.1) is 0 Å². The summed E-state index contributed by atoms with van der Waals surface area (Å²) in [5.41, 5.74) is 11.9. The molecule has 0 aliphatic heterocycles. The van der Waals surface area contributed by atoms with E-state index in [1.165, 1.54) is 62.1 Å². The molecule has 0 bridgehead atoms. The summed E-state index contributed by atoms with van der Waals surface area (Å²) >= 11 is 1.37. The summed E-state index contributed by atoms with van der Waals surface area (Å²) in [5, 5.41) is 47.9. The van der Waals surface area contributed by atoms with Gasteiger partial charge in [-0.3, -0.25) is 38.4 Å². The Bertz CT molecular complexity index is 1810. The molecule has 0 spiro atoms. The predicted molar refractivity (Wildman–Crippen MR) is 226 cm³/mol. The highest BCUT2D eigenvalue weighted by Crippen LogP contribution is 2.15. The zero-order valence-corrected chi connectivity index (χ0v) is 35.7. The van der Waals surface area contributed by atoms with Crippen molar-refractivity contribution in [2.24, 2.45) is 17.4 Å². The molecule has 2 aromatic carbocycles. The van der Waals surface area contributed by atoms with E-state index in [9.17, 15) is 53.7 Å². The molecule has 0 saturated heterocycles. The van der Waals surface area contributed by atoms with Crippen molar-refractivity contribution in [3.05, 3.63) is 59.7 Å². The largest absolute Gasteiger partial charge is 0.508 e. The number of rotatable bonds is 25. The molecule has 61 heavy (non-hydrogen) atoms. The summed E-state index contributed by atoms with van der Waals surface area (Å²) in [7, 11) is 1.39. The Morgan fingerprint density at radius 2 is 1.11 bits per heavy atom. The average Bonchev–Trinajstić information content (AvgIpc) is 3.20. The van der Waals surface area contributed by atoms with E-state index in [0.29, 0.717) is 16.9 Å². The van der Waals surface area contributed by atoms with Gasteiger partial charge >= 0.3 is 0 Å². The van der Waals surface area contributed by atoms with Crippen LogP contribution in [0, 0.1) is 5.92 Å². The number of thioether (sulfide) groups is 1. The topological polar surface area (TPSA) is 333 Å². The molecule has 21 heteroatoms. The summed E-state index contributed by atoms with van der Waals surface area (Å²) in [6, 6.07) is 3.42. The summed E-state index contributed by atoms with van der Waals surface area (Å²) in [5.74, 6) is -6.25. The summed E-state index contributed by atoms with van der Waals surface area (Å²) in [4.78, 5) is 105. The highest BCUT2D eigenvalue weighted by Gasteiger charge is 2.35. The Kier molecular flexibility index (Phi) is 21.5. The zero-order valence-electron chi connectivity index (χ0n) is 34.9. The maximum atomic E-state index is 14.1. The van der Waals surface area contributed by atoms with Gasteiger partial charge in [-0.05, 0) is 73.1 Å². The average molecular weight is 874 g/mol. The van der Waals surface area contributed by atoms with Crippen molar-refractivity contribution in [2.75, 3.05) is 25.6 Å². The van der Waals surface area contributed by atoms with Gasteiger partial charge in [0.2, 0.25) is 47.3 Å². The van der Waals surface area contributed by atoms with Gasteiger partial charge in [0, 0.05) is 19.9 Å². The van der Waals surface area contributed by atoms with Crippen LogP contribution in [0.25, 0.3) is 0 Å². The van der Waals surface area contributed by atoms with Crippen molar-refractivity contribution in [1.29, 1.82) is 0 Å². The molecule has 1 unspecified atom stereocenters. The number of amides is 8. The van der Waals surface area contributed by atoms with Gasteiger partial charge in [0.25, 0.3) is 0 Å². The molecular weight excluding hydrogens is 815 g/mol. The van der Waals surface area contributed by atoms with Crippen LogP contribution >= 0.6 is 11.8 Å². The lowest BCUT2D eigenvalue weighted by atomic mass is 10.0. The molecule has 8 amide bonds. The molecule has 14 N–H and O–H groups in total. The third kappa shape index (κ3) is 18.5. The normalized spacial score (nSPS) is 14.4. The van der Waals surface area contributed by atoms with E-state index in [0.717, 1.165) is 0 Å². The maximum Gasteiger partial charge on any atom is 0.245 e. The number of nitrogens with two attached hydrogens (primary N) is 2. The van der Waals surface area contributed by atoms with Crippen LogP contribution in [0.15, 0.2) is 48.5 Å². The molecule has 336 valence electrons. The van der Waals surface area contributed by atoms with Gasteiger partial charge in [-0.1, -0.05) is 38.1 Å². The predicted octanol–water partition coefficient (Wildman–Crippen LogP) is -2.45. The molecule has 0 aliphatic rings. The first-order valence-corrected chi connectivity index (χ1v) is 20.9. The monoisotopic (exact) mass is 873 g/mol. The highest BCUT2D eigenvalue weighted by atomic mass is 32.2. The molecule has 0 radical (unpaired) electrons. The van der Waals surface area contributed by atoms with Gasteiger partial charge in [-0.2, -0.15) is 11.8 Å². The van der Waals surface area contributed by atoms with Crippen molar-refractivity contribution >= 4 is 59.0 Å². The number of aliphatic hydroxyl groups excluding tert-OH is 1. The molecule has 7 atom stereocenters. The minimum absolute atomic E-state index is 0.0212. The number of aliphatic hydroxyl groups is 1. The Hall–Kier alpha value is -5.93. The fraction of sp³-hybridized carbons (Fsp3) is 0.500. The van der Waals surface area contributed by atoms with Crippen LogP contribution in [0.4, 0.5) is 0 Å². The molecule has 0 aromatic heterocycles. The Labute approximate surface area is 358 Å². The zero-order chi connectivity index (χ0) is 45.8. The minimum atomic E-state index is -1.67. The summed E-state index contributed by atoms with van der Waals surface area (Å²) < 4.78 is 0. The van der Waals surface area contributed by atoms with Gasteiger partial charge in [0.05, 0.1) is 25.1 Å². The van der Waals surface area contributed by atoms with Crippen LogP contribution in [-0.2, 0) is 51.2 Å². The molecule has 0 fully saturated rings. The van der Waals surface area contributed by atoms with Crippen molar-refractivity contribution in [1.82, 2.24) is 37.2 Å². The number of phenolic OH excluding ortho intramolecular Hbond substituents is 2. The fourth-order valence-electron chi connectivity index (χ4n) is 5.79. The smallest absolute Gasteiger partial charge is 0.245 e. The number of carbonyl (C=O) groups is 8. The molecule has 0 aliphatic carbocycles. The second kappa shape index (κ2) is 25.6. The quantitative estimate of drug-likeness (QED) is 0.0494. The highest BCUT2D eigenvalue weighted by molar-refractivity contribution is 7.98. The van der Waals surface area contributed by atoms with E-state index in [-0.39, 0.29) is 49.6 Å². The molecule has 0 saturated carbocycles. The van der Waals surface area contributed by atoms with E-state index in [4.69, 9.17) is 11.5 Å². The number of primary amides is 1. The van der Waals surface area contributed by atoms with Crippen molar-refractivity contribution in [2.45, 2.75) is 95.2 Å².